The number of nitrogens with two attached hydrogens (primary N) is 1. The number of nitrogens with zero attached hydrogens (tertiary/aromatic N) is 2. The summed E-state index contributed by atoms with van der Waals surface area (Å²) in [6, 6.07) is 14.6. The minimum atomic E-state index is 0.799. The number of benzene rings is 2. The first-order valence-electron chi connectivity index (χ1n) is 7.07. The van der Waals surface area contributed by atoms with E-state index in [2.05, 4.69) is 62.0 Å². The van der Waals surface area contributed by atoms with Gasteiger partial charge in [0.2, 0.25) is 0 Å². The molecular formula is C18H14BrN3. The molecule has 0 bridgehead atoms. The molecule has 0 radical (unpaired) electrons. The molecule has 2 heterocycles. The van der Waals surface area contributed by atoms with E-state index in [0.717, 1.165) is 22.1 Å². The van der Waals surface area contributed by atoms with Crippen molar-refractivity contribution < 1.29 is 0 Å². The minimum Gasteiger partial charge on any atom is -0.399 e. The molecule has 22 heavy (non-hydrogen) atoms. The first-order chi connectivity index (χ1) is 10.7. The predicted octanol–water partition coefficient (Wildman–Crippen LogP) is 4.58. The molecule has 0 fully saturated rings. The third-order valence-corrected chi connectivity index (χ3v) is 4.56. The van der Waals surface area contributed by atoms with Crippen LogP contribution in [-0.2, 0) is 6.54 Å². The molecule has 4 heteroatoms. The highest BCUT2D eigenvalue weighted by atomic mass is 79.9. The molecule has 2 aromatic carbocycles. The summed E-state index contributed by atoms with van der Waals surface area (Å²) in [5.41, 5.74) is 9.10. The standard InChI is InChI=1S/C18H14BrN3/c19-17-10-21-9-14-2-1-12(7-16(14)17)11-22-6-5-13-8-15(20)3-4-18(13)22/h1-10H,11,20H2. The van der Waals surface area contributed by atoms with Crippen molar-refractivity contribution in [2.75, 3.05) is 5.73 Å². The lowest BCUT2D eigenvalue weighted by Crippen LogP contribution is -1.98. The third-order valence-electron chi connectivity index (χ3n) is 3.92. The maximum Gasteiger partial charge on any atom is 0.0484 e. The van der Waals surface area contributed by atoms with Crippen LogP contribution in [0.2, 0.25) is 0 Å². The fourth-order valence-electron chi connectivity index (χ4n) is 2.83. The molecule has 0 aliphatic heterocycles. The van der Waals surface area contributed by atoms with Crippen LogP contribution in [0.5, 0.6) is 0 Å². The quantitative estimate of drug-likeness (QED) is 0.537. The van der Waals surface area contributed by atoms with Gasteiger partial charge in [0.25, 0.3) is 0 Å². The van der Waals surface area contributed by atoms with E-state index in [1.54, 1.807) is 0 Å². The highest BCUT2D eigenvalue weighted by Crippen LogP contribution is 2.25. The zero-order valence-electron chi connectivity index (χ0n) is 11.8. The van der Waals surface area contributed by atoms with Gasteiger partial charge in [-0.3, -0.25) is 4.98 Å². The fourth-order valence-corrected chi connectivity index (χ4v) is 3.29. The van der Waals surface area contributed by atoms with Crippen molar-refractivity contribution in [2.45, 2.75) is 6.54 Å². The van der Waals surface area contributed by atoms with Gasteiger partial charge in [0.15, 0.2) is 0 Å². The van der Waals surface area contributed by atoms with Gasteiger partial charge in [-0.15, -0.1) is 0 Å². The maximum atomic E-state index is 5.84. The van der Waals surface area contributed by atoms with E-state index in [1.807, 2.05) is 24.5 Å². The average Bonchev–Trinajstić information content (AvgIpc) is 2.90. The predicted molar refractivity (Wildman–Crippen MR) is 94.9 cm³/mol. The van der Waals surface area contributed by atoms with Crippen molar-refractivity contribution in [3.05, 3.63) is 71.1 Å². The van der Waals surface area contributed by atoms with Gasteiger partial charge in [0.1, 0.15) is 0 Å². The summed E-state index contributed by atoms with van der Waals surface area (Å²) < 4.78 is 3.27. The molecule has 0 aliphatic carbocycles. The number of hydrogen-bond donors (Lipinski definition) is 1. The van der Waals surface area contributed by atoms with Gasteiger partial charge in [0.05, 0.1) is 0 Å². The van der Waals surface area contributed by atoms with Gasteiger partial charge in [-0.2, -0.15) is 0 Å². The normalized spacial score (nSPS) is 11.3. The van der Waals surface area contributed by atoms with Crippen molar-refractivity contribution in [2.24, 2.45) is 0 Å². The largest absolute Gasteiger partial charge is 0.399 e. The van der Waals surface area contributed by atoms with E-state index in [9.17, 15) is 0 Å². The Morgan fingerprint density at radius 1 is 1.00 bits per heavy atom. The third kappa shape index (κ3) is 2.25. The number of nitrogen functional groups attached to an aromatic ring is 1. The van der Waals surface area contributed by atoms with Crippen molar-refractivity contribution in [3.8, 4) is 0 Å². The average molecular weight is 352 g/mol. The van der Waals surface area contributed by atoms with Crippen LogP contribution in [0, 0.1) is 0 Å². The maximum absolute atomic E-state index is 5.84. The van der Waals surface area contributed by atoms with Crippen LogP contribution in [0.1, 0.15) is 5.56 Å². The number of aromatic nitrogens is 2. The molecule has 0 atom stereocenters. The second-order valence-corrected chi connectivity index (χ2v) is 6.29. The minimum absolute atomic E-state index is 0.799. The lowest BCUT2D eigenvalue weighted by Gasteiger charge is -2.08. The summed E-state index contributed by atoms with van der Waals surface area (Å²) in [5, 5.41) is 3.50. The molecule has 0 saturated carbocycles. The highest BCUT2D eigenvalue weighted by Gasteiger charge is 2.05. The van der Waals surface area contributed by atoms with Crippen LogP contribution in [-0.4, -0.2) is 9.55 Å². The lowest BCUT2D eigenvalue weighted by molar-refractivity contribution is 0.838. The smallest absolute Gasteiger partial charge is 0.0484 e. The Bertz CT molecular complexity index is 988. The first-order valence-corrected chi connectivity index (χ1v) is 7.86. The second-order valence-electron chi connectivity index (χ2n) is 5.44. The van der Waals surface area contributed by atoms with Crippen LogP contribution in [0.15, 0.2) is 65.5 Å². The van der Waals surface area contributed by atoms with Crippen LogP contribution in [0.3, 0.4) is 0 Å². The monoisotopic (exact) mass is 351 g/mol. The number of pyridine rings is 1. The van der Waals surface area contributed by atoms with Crippen molar-refractivity contribution >= 4 is 43.3 Å². The van der Waals surface area contributed by atoms with E-state index in [1.165, 1.54) is 21.9 Å². The molecule has 0 aliphatic rings. The summed E-state index contributed by atoms with van der Waals surface area (Å²) in [4.78, 5) is 4.20. The Kier molecular flexibility index (Phi) is 3.12. The summed E-state index contributed by atoms with van der Waals surface area (Å²) in [6.07, 6.45) is 5.83. The molecular weight excluding hydrogens is 338 g/mol. The van der Waals surface area contributed by atoms with Gasteiger partial charge in [0, 0.05) is 51.6 Å². The number of anilines is 1. The van der Waals surface area contributed by atoms with E-state index >= 15 is 0 Å². The molecule has 0 spiro atoms. The van der Waals surface area contributed by atoms with Crippen LogP contribution in [0.4, 0.5) is 5.69 Å². The highest BCUT2D eigenvalue weighted by molar-refractivity contribution is 9.10. The van der Waals surface area contributed by atoms with Crippen molar-refractivity contribution in [1.29, 1.82) is 0 Å². The molecule has 4 rings (SSSR count). The molecule has 2 N–H and O–H groups in total. The molecule has 3 nitrogen and oxygen atoms in total. The number of hydrogen-bond acceptors (Lipinski definition) is 2. The van der Waals surface area contributed by atoms with Gasteiger partial charge in [-0.25, -0.2) is 0 Å². The van der Waals surface area contributed by atoms with Gasteiger partial charge >= 0.3 is 0 Å². The van der Waals surface area contributed by atoms with Crippen LogP contribution < -0.4 is 5.73 Å². The molecule has 0 amide bonds. The molecule has 0 saturated heterocycles. The van der Waals surface area contributed by atoms with E-state index in [4.69, 9.17) is 5.73 Å². The van der Waals surface area contributed by atoms with Crippen molar-refractivity contribution in [1.82, 2.24) is 9.55 Å². The Balaban J connectivity index is 1.77. The van der Waals surface area contributed by atoms with Crippen molar-refractivity contribution in [3.63, 3.8) is 0 Å². The zero-order valence-corrected chi connectivity index (χ0v) is 13.4. The van der Waals surface area contributed by atoms with Crippen LogP contribution in [0.25, 0.3) is 21.7 Å². The summed E-state index contributed by atoms with van der Waals surface area (Å²) in [5.74, 6) is 0. The SMILES string of the molecule is Nc1ccc2c(ccn2Cc2ccc3cncc(Br)c3c2)c1. The Morgan fingerprint density at radius 3 is 2.82 bits per heavy atom. The summed E-state index contributed by atoms with van der Waals surface area (Å²) in [7, 11) is 0. The van der Waals surface area contributed by atoms with E-state index < -0.39 is 0 Å². The molecule has 108 valence electrons. The molecule has 0 unspecified atom stereocenters. The molecule has 2 aromatic heterocycles. The molecule has 4 aromatic rings. The van der Waals surface area contributed by atoms with E-state index in [-0.39, 0.29) is 0 Å². The van der Waals surface area contributed by atoms with Gasteiger partial charge < -0.3 is 10.3 Å². The Morgan fingerprint density at radius 2 is 1.91 bits per heavy atom. The number of fused-ring (bicyclic) bond motifs is 2. The lowest BCUT2D eigenvalue weighted by atomic mass is 10.1. The van der Waals surface area contributed by atoms with Gasteiger partial charge in [-0.1, -0.05) is 12.1 Å². The van der Waals surface area contributed by atoms with E-state index in [0.29, 0.717) is 0 Å². The van der Waals surface area contributed by atoms with Gasteiger partial charge in [-0.05, 0) is 57.2 Å². The fraction of sp³-hybridized carbons (Fsp3) is 0.0556. The second kappa shape index (κ2) is 5.14. The van der Waals surface area contributed by atoms with Crippen LogP contribution >= 0.6 is 15.9 Å². The topological polar surface area (TPSA) is 43.8 Å². The Hall–Kier alpha value is -2.33. The zero-order chi connectivity index (χ0) is 15.1. The Labute approximate surface area is 136 Å². The number of halogens is 1. The number of rotatable bonds is 2. The summed E-state index contributed by atoms with van der Waals surface area (Å²) >= 11 is 3.57. The summed E-state index contributed by atoms with van der Waals surface area (Å²) in [6.45, 7) is 0.831. The first kappa shape index (κ1) is 13.3.